The maximum atomic E-state index is 12.7. The van der Waals surface area contributed by atoms with Crippen LogP contribution in [-0.2, 0) is 13.0 Å². The summed E-state index contributed by atoms with van der Waals surface area (Å²) in [6, 6.07) is 3.34. The summed E-state index contributed by atoms with van der Waals surface area (Å²) in [4.78, 5) is 32.9. The minimum Gasteiger partial charge on any atom is -0.488 e. The molecule has 0 atom stereocenters. The molecule has 132 valence electrons. The fraction of sp³-hybridized carbons (Fsp3) is 0.353. The summed E-state index contributed by atoms with van der Waals surface area (Å²) >= 11 is 6.87. The van der Waals surface area contributed by atoms with E-state index in [1.165, 1.54) is 16.8 Å². The molecule has 2 N–H and O–H groups in total. The zero-order valence-corrected chi connectivity index (χ0v) is 15.7. The molecule has 0 saturated heterocycles. The Labute approximate surface area is 153 Å². The number of aromatic nitrogens is 3. The van der Waals surface area contributed by atoms with Gasteiger partial charge in [0.25, 0.3) is 5.56 Å². The molecule has 3 rings (SSSR count). The fourth-order valence-corrected chi connectivity index (χ4v) is 3.80. The molecule has 3 aromatic heterocycles. The van der Waals surface area contributed by atoms with Gasteiger partial charge >= 0.3 is 0 Å². The van der Waals surface area contributed by atoms with Gasteiger partial charge in [0.2, 0.25) is 5.43 Å². The van der Waals surface area contributed by atoms with Crippen molar-refractivity contribution in [3.63, 3.8) is 0 Å². The van der Waals surface area contributed by atoms with Gasteiger partial charge in [0.05, 0.1) is 18.5 Å². The van der Waals surface area contributed by atoms with E-state index in [2.05, 4.69) is 9.97 Å². The first-order valence-electron chi connectivity index (χ1n) is 8.13. The van der Waals surface area contributed by atoms with Crippen molar-refractivity contribution in [3.8, 4) is 5.75 Å². The molecule has 0 unspecified atom stereocenters. The molecule has 0 aliphatic carbocycles. The van der Waals surface area contributed by atoms with Crippen molar-refractivity contribution in [1.29, 1.82) is 0 Å². The monoisotopic (exact) mass is 377 g/mol. The normalized spacial score (nSPS) is 11.1. The second-order valence-corrected chi connectivity index (χ2v) is 7.19. The average molecular weight is 377 g/mol. The van der Waals surface area contributed by atoms with Crippen LogP contribution in [-0.4, -0.2) is 21.1 Å². The van der Waals surface area contributed by atoms with Gasteiger partial charge in [-0.05, 0) is 31.1 Å². The predicted molar refractivity (Wildman–Crippen MR) is 103 cm³/mol. The number of pyridine rings is 1. The molecule has 6 nitrogen and oxygen atoms in total. The molecule has 0 aromatic carbocycles. The Kier molecular flexibility index (Phi) is 5.19. The Balaban J connectivity index is 1.98. The Bertz CT molecular complexity index is 1080. The van der Waals surface area contributed by atoms with Crippen molar-refractivity contribution in [2.75, 3.05) is 6.61 Å². The first-order chi connectivity index (χ1) is 12.0. The zero-order valence-electron chi connectivity index (χ0n) is 14.0. The van der Waals surface area contributed by atoms with Crippen LogP contribution in [0, 0.1) is 4.77 Å². The highest BCUT2D eigenvalue weighted by Crippen LogP contribution is 2.21. The van der Waals surface area contributed by atoms with E-state index in [-0.39, 0.29) is 23.3 Å². The van der Waals surface area contributed by atoms with Crippen LogP contribution in [0.25, 0.3) is 10.2 Å². The second kappa shape index (κ2) is 7.37. The third-order valence-corrected chi connectivity index (χ3v) is 5.32. The average Bonchev–Trinajstić information content (AvgIpc) is 3.01. The number of hydrogen-bond acceptors (Lipinski definition) is 5. The van der Waals surface area contributed by atoms with Crippen LogP contribution in [0.3, 0.4) is 0 Å². The molecular weight excluding hydrogens is 358 g/mol. The van der Waals surface area contributed by atoms with E-state index < -0.39 is 0 Å². The molecule has 0 saturated carbocycles. The Hall–Kier alpha value is -2.19. The number of nitrogens with zero attached hydrogens (tertiary/aromatic N) is 1. The topological polar surface area (TPSA) is 79.9 Å². The predicted octanol–water partition coefficient (Wildman–Crippen LogP) is 3.21. The molecule has 8 heteroatoms. The summed E-state index contributed by atoms with van der Waals surface area (Å²) in [5.41, 5.74) is 0.234. The summed E-state index contributed by atoms with van der Waals surface area (Å²) in [5.74, 6) is 0.281. The van der Waals surface area contributed by atoms with E-state index in [0.29, 0.717) is 22.5 Å². The Morgan fingerprint density at radius 2 is 2.08 bits per heavy atom. The summed E-state index contributed by atoms with van der Waals surface area (Å²) in [6.07, 6.45) is 3.22. The number of H-pyrrole nitrogens is 2. The van der Waals surface area contributed by atoms with Gasteiger partial charge in [0.15, 0.2) is 10.5 Å². The number of thiophene rings is 1. The number of hydrogen-bond donors (Lipinski definition) is 2. The van der Waals surface area contributed by atoms with Crippen LogP contribution in [0.15, 0.2) is 27.9 Å². The van der Waals surface area contributed by atoms with Crippen molar-refractivity contribution in [2.45, 2.75) is 33.2 Å². The molecule has 3 aromatic rings. The van der Waals surface area contributed by atoms with Gasteiger partial charge in [-0.1, -0.05) is 13.8 Å². The largest absolute Gasteiger partial charge is 0.488 e. The van der Waals surface area contributed by atoms with Gasteiger partial charge in [-0.2, -0.15) is 0 Å². The molecular formula is C17H19N3O3S2. The van der Waals surface area contributed by atoms with Crippen LogP contribution in [0.4, 0.5) is 0 Å². The number of aryl methyl sites for hydroxylation is 1. The lowest BCUT2D eigenvalue weighted by Gasteiger charge is -2.08. The van der Waals surface area contributed by atoms with E-state index in [1.807, 2.05) is 19.9 Å². The molecule has 0 aliphatic rings. The summed E-state index contributed by atoms with van der Waals surface area (Å²) in [6.45, 7) is 4.71. The van der Waals surface area contributed by atoms with Gasteiger partial charge in [-0.25, -0.2) is 0 Å². The minimum absolute atomic E-state index is 0.151. The Morgan fingerprint density at radius 1 is 1.28 bits per heavy atom. The summed E-state index contributed by atoms with van der Waals surface area (Å²) in [7, 11) is 0. The summed E-state index contributed by atoms with van der Waals surface area (Å²) < 4.78 is 7.18. The van der Waals surface area contributed by atoms with Crippen molar-refractivity contribution in [3.05, 3.63) is 54.2 Å². The van der Waals surface area contributed by atoms with Crippen LogP contribution in [0.1, 0.15) is 30.8 Å². The number of nitrogens with one attached hydrogen (secondary N) is 2. The molecule has 0 radical (unpaired) electrons. The first-order valence-corrected chi connectivity index (χ1v) is 9.35. The standard InChI is InChI=1S/C17H19N3O3S2/c1-3-5-23-14-8-18-10(6-13(14)21)9-20-16(22)12-7-11(4-2)25-15(12)19-17(20)24/h6-8H,3-5,9H2,1-2H3,(H,18,21)(H,19,24). The van der Waals surface area contributed by atoms with Crippen molar-refractivity contribution in [1.82, 2.24) is 14.5 Å². The maximum absolute atomic E-state index is 12.7. The number of aromatic amines is 2. The van der Waals surface area contributed by atoms with Gasteiger partial charge in [-0.3, -0.25) is 14.2 Å². The van der Waals surface area contributed by atoms with Crippen LogP contribution in [0.2, 0.25) is 0 Å². The fourth-order valence-electron chi connectivity index (χ4n) is 2.50. The molecule has 0 amide bonds. The van der Waals surface area contributed by atoms with Gasteiger partial charge in [-0.15, -0.1) is 11.3 Å². The number of ether oxygens (including phenoxy) is 1. The van der Waals surface area contributed by atoms with Crippen molar-refractivity contribution >= 4 is 33.8 Å². The zero-order chi connectivity index (χ0) is 18.0. The van der Waals surface area contributed by atoms with Crippen molar-refractivity contribution < 1.29 is 4.74 Å². The van der Waals surface area contributed by atoms with E-state index in [0.717, 1.165) is 22.5 Å². The third-order valence-electron chi connectivity index (χ3n) is 3.80. The van der Waals surface area contributed by atoms with E-state index in [4.69, 9.17) is 17.0 Å². The molecule has 25 heavy (non-hydrogen) atoms. The van der Waals surface area contributed by atoms with Gasteiger partial charge < -0.3 is 14.7 Å². The lowest BCUT2D eigenvalue weighted by Crippen LogP contribution is -2.23. The number of fused-ring (bicyclic) bond motifs is 1. The highest BCUT2D eigenvalue weighted by Gasteiger charge is 2.11. The van der Waals surface area contributed by atoms with Crippen molar-refractivity contribution in [2.24, 2.45) is 0 Å². The molecule has 0 bridgehead atoms. The highest BCUT2D eigenvalue weighted by atomic mass is 32.1. The lowest BCUT2D eigenvalue weighted by atomic mass is 10.3. The molecule has 0 spiro atoms. The SMILES string of the molecule is CCCOc1c[nH]c(Cn2c(=S)[nH]c3sc(CC)cc3c2=O)cc1=O. The van der Waals surface area contributed by atoms with Gasteiger partial charge in [0.1, 0.15) is 4.83 Å². The third kappa shape index (κ3) is 3.59. The van der Waals surface area contributed by atoms with E-state index in [1.54, 1.807) is 11.3 Å². The molecule has 3 heterocycles. The minimum atomic E-state index is -0.213. The van der Waals surface area contributed by atoms with Crippen LogP contribution in [0.5, 0.6) is 5.75 Å². The maximum Gasteiger partial charge on any atom is 0.263 e. The van der Waals surface area contributed by atoms with E-state index >= 15 is 0 Å². The van der Waals surface area contributed by atoms with Crippen LogP contribution >= 0.6 is 23.6 Å². The van der Waals surface area contributed by atoms with E-state index in [9.17, 15) is 9.59 Å². The molecule has 0 fully saturated rings. The number of rotatable bonds is 6. The van der Waals surface area contributed by atoms with Crippen LogP contribution < -0.4 is 15.7 Å². The summed E-state index contributed by atoms with van der Waals surface area (Å²) in [5, 5.41) is 0.626. The highest BCUT2D eigenvalue weighted by molar-refractivity contribution is 7.71. The quantitative estimate of drug-likeness (QED) is 0.647. The second-order valence-electron chi connectivity index (χ2n) is 5.67. The lowest BCUT2D eigenvalue weighted by molar-refractivity contribution is 0.313. The first kappa shape index (κ1) is 17.6. The Morgan fingerprint density at radius 3 is 2.76 bits per heavy atom. The van der Waals surface area contributed by atoms with Gasteiger partial charge in [0, 0.05) is 22.8 Å². The smallest absolute Gasteiger partial charge is 0.263 e. The molecule has 0 aliphatic heterocycles.